The second kappa shape index (κ2) is 4.87. The molecule has 2 heterocycles. The predicted molar refractivity (Wildman–Crippen MR) is 68.4 cm³/mol. The van der Waals surface area contributed by atoms with Crippen LogP contribution >= 0.6 is 0 Å². The van der Waals surface area contributed by atoms with Crippen LogP contribution in [-0.4, -0.2) is 19.9 Å². The van der Waals surface area contributed by atoms with Crippen molar-refractivity contribution in [2.24, 2.45) is 5.92 Å². The molecular formula is C12H14N4O2. The van der Waals surface area contributed by atoms with Crippen molar-refractivity contribution in [3.63, 3.8) is 0 Å². The van der Waals surface area contributed by atoms with Gasteiger partial charge >= 0.3 is 0 Å². The first-order chi connectivity index (χ1) is 8.56. The molecule has 6 nitrogen and oxygen atoms in total. The van der Waals surface area contributed by atoms with Crippen LogP contribution < -0.4 is 21.8 Å². The van der Waals surface area contributed by atoms with E-state index >= 15 is 0 Å². The molecule has 18 heavy (non-hydrogen) atoms. The fourth-order valence-corrected chi connectivity index (χ4v) is 1.55. The summed E-state index contributed by atoms with van der Waals surface area (Å²) < 4.78 is 0. The SMILES string of the molecule is CC(C)/C=c1\[nH]c(=O)/c(=C/c2cnc[nH]2)[nH]c1=O. The number of aromatic nitrogens is 4. The van der Waals surface area contributed by atoms with Crippen LogP contribution in [0, 0.1) is 5.92 Å². The van der Waals surface area contributed by atoms with Gasteiger partial charge in [0.25, 0.3) is 11.1 Å². The van der Waals surface area contributed by atoms with Crippen molar-refractivity contribution in [2.45, 2.75) is 13.8 Å². The van der Waals surface area contributed by atoms with E-state index in [1.807, 2.05) is 13.8 Å². The van der Waals surface area contributed by atoms with E-state index in [4.69, 9.17) is 0 Å². The van der Waals surface area contributed by atoms with Gasteiger partial charge in [0.2, 0.25) is 0 Å². The summed E-state index contributed by atoms with van der Waals surface area (Å²) in [5.41, 5.74) is 0.00176. The molecule has 2 rings (SSSR count). The van der Waals surface area contributed by atoms with Crippen LogP contribution in [0.4, 0.5) is 0 Å². The van der Waals surface area contributed by atoms with Gasteiger partial charge in [0.15, 0.2) is 0 Å². The van der Waals surface area contributed by atoms with Gasteiger partial charge in [0.05, 0.1) is 18.2 Å². The highest BCUT2D eigenvalue weighted by Gasteiger charge is 1.97. The van der Waals surface area contributed by atoms with E-state index in [9.17, 15) is 9.59 Å². The molecule has 0 amide bonds. The minimum Gasteiger partial charge on any atom is -0.345 e. The number of hydrogen-bond acceptors (Lipinski definition) is 3. The molecule has 0 aliphatic heterocycles. The Balaban J connectivity index is 2.65. The fraction of sp³-hybridized carbons (Fsp3) is 0.250. The van der Waals surface area contributed by atoms with E-state index in [0.29, 0.717) is 5.69 Å². The number of aromatic amines is 3. The summed E-state index contributed by atoms with van der Waals surface area (Å²) in [7, 11) is 0. The zero-order chi connectivity index (χ0) is 13.1. The van der Waals surface area contributed by atoms with Gasteiger partial charge < -0.3 is 15.0 Å². The van der Waals surface area contributed by atoms with Crippen molar-refractivity contribution in [1.82, 2.24) is 19.9 Å². The zero-order valence-electron chi connectivity index (χ0n) is 10.2. The van der Waals surface area contributed by atoms with Gasteiger partial charge in [-0.15, -0.1) is 0 Å². The lowest BCUT2D eigenvalue weighted by molar-refractivity contribution is 0.866. The third-order valence-corrected chi connectivity index (χ3v) is 2.30. The van der Waals surface area contributed by atoms with E-state index in [1.165, 1.54) is 12.4 Å². The van der Waals surface area contributed by atoms with Crippen LogP contribution in [0.15, 0.2) is 22.1 Å². The van der Waals surface area contributed by atoms with Gasteiger partial charge in [-0.25, -0.2) is 4.98 Å². The minimum absolute atomic E-state index is 0.184. The Morgan fingerprint density at radius 3 is 2.44 bits per heavy atom. The van der Waals surface area contributed by atoms with Gasteiger partial charge in [0, 0.05) is 0 Å². The van der Waals surface area contributed by atoms with Crippen molar-refractivity contribution in [2.75, 3.05) is 0 Å². The lowest BCUT2D eigenvalue weighted by atomic mass is 10.2. The Morgan fingerprint density at radius 2 is 1.83 bits per heavy atom. The molecule has 2 aromatic heterocycles. The third kappa shape index (κ3) is 2.65. The summed E-state index contributed by atoms with van der Waals surface area (Å²) in [6.45, 7) is 3.87. The van der Waals surface area contributed by atoms with E-state index in [-0.39, 0.29) is 27.7 Å². The highest BCUT2D eigenvalue weighted by Crippen LogP contribution is 1.89. The van der Waals surface area contributed by atoms with Crippen LogP contribution in [0.25, 0.3) is 12.2 Å². The predicted octanol–water partition coefficient (Wildman–Crippen LogP) is -0.948. The maximum absolute atomic E-state index is 11.8. The number of nitrogens with zero attached hydrogens (tertiary/aromatic N) is 1. The summed E-state index contributed by atoms with van der Waals surface area (Å²) >= 11 is 0. The highest BCUT2D eigenvalue weighted by atomic mass is 16.1. The van der Waals surface area contributed by atoms with E-state index in [0.717, 1.165) is 0 Å². The van der Waals surface area contributed by atoms with Crippen molar-refractivity contribution in [3.8, 4) is 0 Å². The van der Waals surface area contributed by atoms with Crippen LogP contribution in [0.2, 0.25) is 0 Å². The first-order valence-corrected chi connectivity index (χ1v) is 5.61. The Hall–Kier alpha value is -2.37. The third-order valence-electron chi connectivity index (χ3n) is 2.30. The molecule has 0 atom stereocenters. The Kier molecular flexibility index (Phi) is 3.27. The van der Waals surface area contributed by atoms with Crippen LogP contribution in [-0.2, 0) is 0 Å². The minimum atomic E-state index is -0.337. The van der Waals surface area contributed by atoms with Gasteiger partial charge in [-0.05, 0) is 12.0 Å². The quantitative estimate of drug-likeness (QED) is 0.637. The van der Waals surface area contributed by atoms with Gasteiger partial charge in [-0.3, -0.25) is 9.59 Å². The molecule has 0 saturated carbocycles. The number of H-pyrrole nitrogens is 3. The summed E-state index contributed by atoms with van der Waals surface area (Å²) in [6, 6.07) is 0. The second-order valence-corrected chi connectivity index (χ2v) is 4.30. The molecule has 0 unspecified atom stereocenters. The molecule has 0 aliphatic carbocycles. The highest BCUT2D eigenvalue weighted by molar-refractivity contribution is 5.41. The summed E-state index contributed by atoms with van der Waals surface area (Å²) in [5, 5.41) is 0.488. The van der Waals surface area contributed by atoms with Gasteiger partial charge in [-0.2, -0.15) is 0 Å². The van der Waals surface area contributed by atoms with E-state index < -0.39 is 0 Å². The van der Waals surface area contributed by atoms with Crippen LogP contribution in [0.5, 0.6) is 0 Å². The molecule has 0 bridgehead atoms. The normalized spacial score (nSPS) is 13.5. The summed E-state index contributed by atoms with van der Waals surface area (Å²) in [4.78, 5) is 35.3. The topological polar surface area (TPSA) is 94.4 Å². The molecule has 3 N–H and O–H groups in total. The zero-order valence-corrected chi connectivity index (χ0v) is 10.2. The van der Waals surface area contributed by atoms with Crippen LogP contribution in [0.3, 0.4) is 0 Å². The average Bonchev–Trinajstić information content (AvgIpc) is 2.77. The lowest BCUT2D eigenvalue weighted by Gasteiger charge is -1.93. The molecule has 0 radical (unpaired) electrons. The summed E-state index contributed by atoms with van der Waals surface area (Å²) in [5.74, 6) is 0.184. The monoisotopic (exact) mass is 246 g/mol. The molecule has 2 aromatic rings. The Morgan fingerprint density at radius 1 is 1.17 bits per heavy atom. The fourth-order valence-electron chi connectivity index (χ4n) is 1.55. The van der Waals surface area contributed by atoms with Gasteiger partial charge in [0.1, 0.15) is 10.7 Å². The Bertz CT molecular complexity index is 751. The van der Waals surface area contributed by atoms with Crippen molar-refractivity contribution >= 4 is 12.2 Å². The van der Waals surface area contributed by atoms with Crippen LogP contribution in [0.1, 0.15) is 19.5 Å². The molecule has 0 aliphatic rings. The summed E-state index contributed by atoms with van der Waals surface area (Å²) in [6.07, 6.45) is 6.30. The largest absolute Gasteiger partial charge is 0.345 e. The van der Waals surface area contributed by atoms with Crippen molar-refractivity contribution < 1.29 is 0 Å². The maximum Gasteiger partial charge on any atom is 0.272 e. The average molecular weight is 246 g/mol. The second-order valence-electron chi connectivity index (χ2n) is 4.30. The number of hydrogen-bond donors (Lipinski definition) is 3. The van der Waals surface area contributed by atoms with Crippen molar-refractivity contribution in [1.29, 1.82) is 0 Å². The molecule has 0 saturated heterocycles. The first kappa shape index (κ1) is 12.1. The van der Waals surface area contributed by atoms with E-state index in [2.05, 4.69) is 19.9 Å². The molecule has 94 valence electrons. The molecule has 6 heteroatoms. The standard InChI is InChI=1S/C12H14N4O2/c1-7(2)3-9-11(17)16-10(12(18)15-9)4-8-5-13-6-14-8/h3-7H,1-2H3,(H,13,14)(H,15,18)(H,16,17)/b9-3-,10-4-. The lowest BCUT2D eigenvalue weighted by Crippen LogP contribution is -2.47. The van der Waals surface area contributed by atoms with Gasteiger partial charge in [-0.1, -0.05) is 19.9 Å². The first-order valence-electron chi connectivity index (χ1n) is 5.61. The smallest absolute Gasteiger partial charge is 0.272 e. The molecule has 0 spiro atoms. The Labute approximate surface area is 102 Å². The van der Waals surface area contributed by atoms with Crippen molar-refractivity contribution in [3.05, 3.63) is 49.6 Å². The number of rotatable bonds is 2. The molecular weight excluding hydrogens is 232 g/mol. The number of nitrogens with one attached hydrogen (secondary N) is 3. The number of imidazole rings is 1. The maximum atomic E-state index is 11.8. The molecule has 0 aromatic carbocycles. The molecule has 0 fully saturated rings. The van der Waals surface area contributed by atoms with E-state index in [1.54, 1.807) is 12.3 Å².